The Balaban J connectivity index is 3.60. The fraction of sp³-hybridized carbons (Fsp3) is 0.556. The molecule has 0 radical (unpaired) electrons. The first kappa shape index (κ1) is 11.7. The number of carbonyl (C=O) groups excluding carboxylic acids is 2. The normalized spacial score (nSPS) is 10.0. The van der Waals surface area contributed by atoms with Crippen molar-refractivity contribution in [1.82, 2.24) is 0 Å². The molecule has 0 saturated carbocycles. The van der Waals surface area contributed by atoms with Crippen LogP contribution in [0.1, 0.15) is 19.8 Å². The average Bonchev–Trinajstić information content (AvgIpc) is 2.16. The van der Waals surface area contributed by atoms with Gasteiger partial charge in [0.25, 0.3) is 5.78 Å². The van der Waals surface area contributed by atoms with Gasteiger partial charge >= 0.3 is 5.97 Å². The highest BCUT2D eigenvalue weighted by atomic mass is 16.5. The second-order valence-electron chi connectivity index (χ2n) is 2.38. The molecule has 4 heteroatoms. The van der Waals surface area contributed by atoms with Crippen molar-refractivity contribution in [2.45, 2.75) is 19.8 Å². The molecule has 0 N–H and O–H groups in total. The molecule has 0 rings (SSSR count). The van der Waals surface area contributed by atoms with E-state index in [-0.39, 0.29) is 0 Å². The molecule has 0 aromatic carbocycles. The maximum atomic E-state index is 10.8. The molecular weight excluding hydrogens is 172 g/mol. The van der Waals surface area contributed by atoms with E-state index in [1.807, 2.05) is 6.92 Å². The summed E-state index contributed by atoms with van der Waals surface area (Å²) in [7, 11) is 1.16. The van der Waals surface area contributed by atoms with E-state index in [2.05, 4.69) is 4.74 Å². The number of unbranched alkanes of at least 4 members (excludes halogenated alkanes) is 1. The molecular formula is C9H14O4. The summed E-state index contributed by atoms with van der Waals surface area (Å²) in [5, 5.41) is 0. The van der Waals surface area contributed by atoms with Crippen LogP contribution in [-0.4, -0.2) is 25.5 Å². The van der Waals surface area contributed by atoms with Crippen molar-refractivity contribution in [2.24, 2.45) is 0 Å². The van der Waals surface area contributed by atoms with E-state index in [4.69, 9.17) is 4.74 Å². The molecule has 0 aliphatic heterocycles. The van der Waals surface area contributed by atoms with Gasteiger partial charge in [-0.2, -0.15) is 0 Å². The molecule has 0 unspecified atom stereocenters. The van der Waals surface area contributed by atoms with Crippen molar-refractivity contribution in [3.8, 4) is 0 Å². The van der Waals surface area contributed by atoms with Gasteiger partial charge in [0.05, 0.1) is 20.0 Å². The Morgan fingerprint density at radius 2 is 2.08 bits per heavy atom. The minimum Gasteiger partial charge on any atom is -0.501 e. The van der Waals surface area contributed by atoms with Crippen LogP contribution in [0.4, 0.5) is 0 Å². The van der Waals surface area contributed by atoms with Gasteiger partial charge in [-0.25, -0.2) is 4.79 Å². The molecule has 4 nitrogen and oxygen atoms in total. The van der Waals surface area contributed by atoms with E-state index in [1.165, 1.54) is 6.26 Å². The smallest absolute Gasteiger partial charge is 0.378 e. The molecule has 0 atom stereocenters. The van der Waals surface area contributed by atoms with Crippen molar-refractivity contribution < 1.29 is 19.1 Å². The summed E-state index contributed by atoms with van der Waals surface area (Å²) in [4.78, 5) is 21.3. The van der Waals surface area contributed by atoms with Gasteiger partial charge in [-0.1, -0.05) is 13.3 Å². The average molecular weight is 186 g/mol. The highest BCUT2D eigenvalue weighted by molar-refractivity contribution is 6.38. The summed E-state index contributed by atoms with van der Waals surface area (Å²) in [6.07, 6.45) is 4.23. The minimum absolute atomic E-state index is 0.557. The first-order valence-electron chi connectivity index (χ1n) is 4.12. The van der Waals surface area contributed by atoms with Gasteiger partial charge < -0.3 is 9.47 Å². The largest absolute Gasteiger partial charge is 0.501 e. The molecule has 0 aromatic rings. The fourth-order valence-corrected chi connectivity index (χ4v) is 0.574. The van der Waals surface area contributed by atoms with E-state index in [0.29, 0.717) is 6.61 Å². The van der Waals surface area contributed by atoms with Crippen molar-refractivity contribution in [2.75, 3.05) is 13.7 Å². The number of hydrogen-bond donors (Lipinski definition) is 0. The zero-order valence-electron chi connectivity index (χ0n) is 7.91. The summed E-state index contributed by atoms with van der Waals surface area (Å²) in [6.45, 7) is 2.59. The predicted octanol–water partition coefficient (Wildman–Crippen LogP) is 1.06. The van der Waals surface area contributed by atoms with Crippen LogP contribution in [-0.2, 0) is 19.1 Å². The van der Waals surface area contributed by atoms with E-state index in [9.17, 15) is 9.59 Å². The van der Waals surface area contributed by atoms with Crippen LogP contribution >= 0.6 is 0 Å². The molecule has 0 spiro atoms. The maximum Gasteiger partial charge on any atom is 0.378 e. The molecule has 74 valence electrons. The van der Waals surface area contributed by atoms with E-state index in [0.717, 1.165) is 26.0 Å². The number of hydrogen-bond acceptors (Lipinski definition) is 4. The first-order chi connectivity index (χ1) is 6.22. The lowest BCUT2D eigenvalue weighted by Gasteiger charge is -1.96. The molecule has 0 saturated heterocycles. The summed E-state index contributed by atoms with van der Waals surface area (Å²) in [5.41, 5.74) is 0. The summed E-state index contributed by atoms with van der Waals surface area (Å²) in [5.74, 6) is -1.59. The monoisotopic (exact) mass is 186 g/mol. The molecule has 0 fully saturated rings. The second kappa shape index (κ2) is 7.34. The first-order valence-corrected chi connectivity index (χ1v) is 4.12. The van der Waals surface area contributed by atoms with E-state index < -0.39 is 11.8 Å². The third-order valence-electron chi connectivity index (χ3n) is 1.32. The number of rotatable bonds is 6. The van der Waals surface area contributed by atoms with Crippen LogP contribution in [0.3, 0.4) is 0 Å². The molecule has 0 aliphatic rings. The molecule has 0 aromatic heterocycles. The third kappa shape index (κ3) is 5.90. The highest BCUT2D eigenvalue weighted by Gasteiger charge is 2.08. The minimum atomic E-state index is -0.879. The van der Waals surface area contributed by atoms with Gasteiger partial charge in [-0.15, -0.1) is 0 Å². The molecule has 0 amide bonds. The lowest BCUT2D eigenvalue weighted by atomic mass is 10.4. The Bertz CT molecular complexity index is 196. The molecule has 13 heavy (non-hydrogen) atoms. The van der Waals surface area contributed by atoms with Crippen molar-refractivity contribution in [1.29, 1.82) is 0 Å². The summed E-state index contributed by atoms with van der Waals surface area (Å²) < 4.78 is 9.13. The van der Waals surface area contributed by atoms with Gasteiger partial charge in [-0.3, -0.25) is 4.79 Å². The Morgan fingerprint density at radius 1 is 1.38 bits per heavy atom. The quantitative estimate of drug-likeness (QED) is 0.204. The summed E-state index contributed by atoms with van der Waals surface area (Å²) >= 11 is 0. The maximum absolute atomic E-state index is 10.8. The van der Waals surface area contributed by atoms with Crippen LogP contribution in [0, 0.1) is 0 Å². The zero-order chi connectivity index (χ0) is 10.1. The van der Waals surface area contributed by atoms with Gasteiger partial charge in [-0.05, 0) is 6.42 Å². The van der Waals surface area contributed by atoms with Gasteiger partial charge in [0.1, 0.15) is 0 Å². The van der Waals surface area contributed by atoms with Gasteiger partial charge in [0.2, 0.25) is 0 Å². The number of esters is 1. The third-order valence-corrected chi connectivity index (χ3v) is 1.32. The van der Waals surface area contributed by atoms with E-state index >= 15 is 0 Å². The lowest BCUT2D eigenvalue weighted by molar-refractivity contribution is -0.149. The zero-order valence-corrected chi connectivity index (χ0v) is 7.91. The Kier molecular flexibility index (Phi) is 6.59. The van der Waals surface area contributed by atoms with Crippen LogP contribution in [0.15, 0.2) is 12.3 Å². The van der Waals surface area contributed by atoms with Gasteiger partial charge in [0.15, 0.2) is 0 Å². The van der Waals surface area contributed by atoms with Crippen molar-refractivity contribution in [3.63, 3.8) is 0 Å². The van der Waals surface area contributed by atoms with Crippen LogP contribution in [0.25, 0.3) is 0 Å². The number of methoxy groups -OCH3 is 1. The number of carbonyl (C=O) groups is 2. The number of ketones is 1. The highest BCUT2D eigenvalue weighted by Crippen LogP contribution is 1.89. The van der Waals surface area contributed by atoms with Crippen LogP contribution in [0.2, 0.25) is 0 Å². The second-order valence-corrected chi connectivity index (χ2v) is 2.38. The Labute approximate surface area is 77.5 Å². The molecule has 0 heterocycles. The van der Waals surface area contributed by atoms with Crippen LogP contribution in [0.5, 0.6) is 0 Å². The SMILES string of the molecule is CCCCOC=CC(=O)C(=O)OC. The van der Waals surface area contributed by atoms with Crippen molar-refractivity contribution in [3.05, 3.63) is 12.3 Å². The molecule has 0 bridgehead atoms. The summed E-state index contributed by atoms with van der Waals surface area (Å²) in [6, 6.07) is 0. The fourth-order valence-electron chi connectivity index (χ4n) is 0.574. The standard InChI is InChI=1S/C9H14O4/c1-3-4-6-13-7-5-8(10)9(11)12-2/h5,7H,3-4,6H2,1-2H3. The molecule has 0 aliphatic carbocycles. The van der Waals surface area contributed by atoms with Gasteiger partial charge in [0, 0.05) is 6.08 Å². The topological polar surface area (TPSA) is 52.6 Å². The van der Waals surface area contributed by atoms with Crippen LogP contribution < -0.4 is 0 Å². The van der Waals surface area contributed by atoms with Crippen molar-refractivity contribution >= 4 is 11.8 Å². The Morgan fingerprint density at radius 3 is 2.62 bits per heavy atom. The Hall–Kier alpha value is -1.32. The number of ether oxygens (including phenoxy) is 2. The lowest BCUT2D eigenvalue weighted by Crippen LogP contribution is -2.12. The van der Waals surface area contributed by atoms with E-state index in [1.54, 1.807) is 0 Å². The predicted molar refractivity (Wildman–Crippen MR) is 47.0 cm³/mol.